The Balaban J connectivity index is 1.34. The predicted molar refractivity (Wildman–Crippen MR) is 112 cm³/mol. The molecule has 6 rings (SSSR count). The van der Waals surface area contributed by atoms with Crippen molar-refractivity contribution in [2.75, 3.05) is 7.11 Å². The Labute approximate surface area is 185 Å². The van der Waals surface area contributed by atoms with Crippen LogP contribution in [0.1, 0.15) is 50.4 Å². The van der Waals surface area contributed by atoms with E-state index >= 15 is 0 Å². The van der Waals surface area contributed by atoms with Gasteiger partial charge in [0.25, 0.3) is 0 Å². The first kappa shape index (κ1) is 21.7. The number of fused-ring (bicyclic) bond motifs is 1. The molecule has 4 aliphatic carbocycles. The molecule has 0 aromatic heterocycles. The number of hydrogen-bond acceptors (Lipinski definition) is 6. The Morgan fingerprint density at radius 2 is 1.84 bits per heavy atom. The van der Waals surface area contributed by atoms with Gasteiger partial charge in [0.1, 0.15) is 11.4 Å². The third kappa shape index (κ3) is 4.51. The molecule has 4 bridgehead atoms. The Morgan fingerprint density at radius 3 is 2.48 bits per heavy atom. The molecule has 168 valence electrons. The summed E-state index contributed by atoms with van der Waals surface area (Å²) in [6.07, 6.45) is 5.31. The average Bonchev–Trinajstić information content (AvgIpc) is 2.65. The summed E-state index contributed by atoms with van der Waals surface area (Å²) in [7, 11) is -3.34. The number of hydrogen-bond donors (Lipinski definition) is 1. The molecule has 4 saturated carbocycles. The fraction of sp³-hybridized carbons (Fsp3) is 0.545. The fourth-order valence-electron chi connectivity index (χ4n) is 6.12. The zero-order valence-corrected chi connectivity index (χ0v) is 18.8. The maximum absolute atomic E-state index is 11.0. The van der Waals surface area contributed by atoms with Crippen LogP contribution in [0.25, 0.3) is 10.8 Å². The summed E-state index contributed by atoms with van der Waals surface area (Å²) in [4.78, 5) is 31.7. The smallest absolute Gasteiger partial charge is 0.317 e. The van der Waals surface area contributed by atoms with Crippen molar-refractivity contribution in [3.63, 3.8) is 0 Å². The first-order chi connectivity index (χ1) is 14.6. The Hall–Kier alpha value is -1.18. The molecule has 1 N–H and O–H groups in total. The molecule has 0 saturated heterocycles. The molecule has 4 fully saturated rings. The van der Waals surface area contributed by atoms with Gasteiger partial charge in [-0.25, -0.2) is 4.89 Å². The molecular weight excluding hydrogens is 443 g/mol. The lowest BCUT2D eigenvalue weighted by Crippen LogP contribution is -2.57. The summed E-state index contributed by atoms with van der Waals surface area (Å²) < 4.78 is 21.1. The van der Waals surface area contributed by atoms with Gasteiger partial charge in [-0.2, -0.15) is 4.89 Å². The van der Waals surface area contributed by atoms with Crippen molar-refractivity contribution in [1.29, 1.82) is 0 Å². The minimum atomic E-state index is -4.88. The number of phosphoric ester groups is 1. The maximum Gasteiger partial charge on any atom is 0.317 e. The van der Waals surface area contributed by atoms with Gasteiger partial charge in [0.2, 0.25) is 6.29 Å². The molecule has 2 aromatic carbocycles. The van der Waals surface area contributed by atoms with E-state index in [4.69, 9.17) is 31.0 Å². The molecule has 0 aliphatic heterocycles. The second-order valence-electron chi connectivity index (χ2n) is 9.37. The fourth-order valence-corrected chi connectivity index (χ4v) is 7.18. The Morgan fingerprint density at radius 1 is 1.13 bits per heavy atom. The summed E-state index contributed by atoms with van der Waals surface area (Å²) in [5, 5.41) is 1.58. The zero-order chi connectivity index (χ0) is 21.9. The minimum absolute atomic E-state index is 0.0256. The van der Waals surface area contributed by atoms with Crippen LogP contribution in [0, 0.1) is 11.8 Å². The van der Waals surface area contributed by atoms with Crippen molar-refractivity contribution in [3.05, 3.63) is 42.0 Å². The monoisotopic (exact) mass is 467 g/mol. The first-order valence-corrected chi connectivity index (χ1v) is 12.4. The van der Waals surface area contributed by atoms with Crippen LogP contribution in [0.15, 0.2) is 36.4 Å². The Bertz CT molecular complexity index is 1020. The summed E-state index contributed by atoms with van der Waals surface area (Å²) >= 11 is 6.87. The van der Waals surface area contributed by atoms with Crippen molar-refractivity contribution < 1.29 is 33.4 Å². The lowest BCUT2D eigenvalue weighted by atomic mass is 9.54. The largest absolute Gasteiger partial charge is 0.746 e. The highest BCUT2D eigenvalue weighted by molar-refractivity contribution is 7.45. The van der Waals surface area contributed by atoms with Crippen LogP contribution in [0.3, 0.4) is 0 Å². The second-order valence-corrected chi connectivity index (χ2v) is 11.3. The third-order valence-corrected chi connectivity index (χ3v) is 7.67. The van der Waals surface area contributed by atoms with E-state index in [0.29, 0.717) is 22.8 Å². The number of halogens is 1. The molecule has 31 heavy (non-hydrogen) atoms. The van der Waals surface area contributed by atoms with Gasteiger partial charge in [0, 0.05) is 17.5 Å². The van der Waals surface area contributed by atoms with Crippen molar-refractivity contribution in [2.45, 2.75) is 55.3 Å². The molecule has 7 nitrogen and oxygen atoms in total. The van der Waals surface area contributed by atoms with E-state index in [1.807, 2.05) is 18.2 Å². The van der Waals surface area contributed by atoms with E-state index in [-0.39, 0.29) is 16.2 Å². The van der Waals surface area contributed by atoms with Crippen LogP contribution < -0.4 is 9.42 Å². The highest BCUT2D eigenvalue weighted by Crippen LogP contribution is 2.61. The predicted octanol–water partition coefficient (Wildman–Crippen LogP) is 4.60. The standard InChI is InChI=1S/C22H26ClO7P/c1-27-20(28-30-22-11-14-6-15(12-22)10-21(23,9-14)13-22)17-3-2-16-4-5-19(8-18(16)7-17)29-31(24,25)26/h2-5,7-8,14-15,20H,6,9-13H2,1H3,(H2,24,25,26)/p-1. The van der Waals surface area contributed by atoms with Gasteiger partial charge in [0.05, 0.1) is 0 Å². The third-order valence-electron chi connectivity index (χ3n) is 6.79. The van der Waals surface area contributed by atoms with E-state index in [1.165, 1.54) is 18.6 Å². The number of alkyl halides is 1. The molecule has 0 amide bonds. The number of benzene rings is 2. The molecule has 4 aliphatic rings. The van der Waals surface area contributed by atoms with Gasteiger partial charge >= 0.3 is 7.82 Å². The molecule has 9 heteroatoms. The van der Waals surface area contributed by atoms with Crippen molar-refractivity contribution in [3.8, 4) is 5.75 Å². The normalized spacial score (nSPS) is 34.6. The summed E-state index contributed by atoms with van der Waals surface area (Å²) in [5.74, 6) is 1.20. The average molecular weight is 468 g/mol. The summed E-state index contributed by atoms with van der Waals surface area (Å²) in [5.41, 5.74) is 0.350. The van der Waals surface area contributed by atoms with Gasteiger partial charge in [0.15, 0.2) is 0 Å². The highest BCUT2D eigenvalue weighted by atomic mass is 35.5. The maximum atomic E-state index is 11.0. The number of methoxy groups -OCH3 is 1. The molecule has 0 heterocycles. The van der Waals surface area contributed by atoms with Gasteiger partial charge < -0.3 is 19.0 Å². The van der Waals surface area contributed by atoms with Gasteiger partial charge in [-0.05, 0) is 79.3 Å². The first-order valence-electron chi connectivity index (χ1n) is 10.5. The van der Waals surface area contributed by atoms with Crippen LogP contribution in [0.5, 0.6) is 5.75 Å². The van der Waals surface area contributed by atoms with E-state index in [2.05, 4.69) is 4.52 Å². The van der Waals surface area contributed by atoms with E-state index in [0.717, 1.165) is 37.5 Å². The van der Waals surface area contributed by atoms with E-state index in [1.54, 1.807) is 13.2 Å². The summed E-state index contributed by atoms with van der Waals surface area (Å²) in [6.45, 7) is 0. The molecule has 0 radical (unpaired) electrons. The molecular formula is C22H25ClO7P-. The van der Waals surface area contributed by atoms with Crippen LogP contribution in [-0.2, 0) is 19.1 Å². The Kier molecular flexibility index (Phi) is 5.38. The van der Waals surface area contributed by atoms with Crippen molar-refractivity contribution in [1.82, 2.24) is 0 Å². The van der Waals surface area contributed by atoms with Gasteiger partial charge in [-0.15, -0.1) is 11.6 Å². The quantitative estimate of drug-likeness (QED) is 0.209. The number of phosphoric acid groups is 1. The molecule has 4 atom stereocenters. The van der Waals surface area contributed by atoms with E-state index < -0.39 is 14.1 Å². The number of ether oxygens (including phenoxy) is 1. The molecule has 4 unspecified atom stereocenters. The van der Waals surface area contributed by atoms with Crippen molar-refractivity contribution in [2.24, 2.45) is 11.8 Å². The lowest BCUT2D eigenvalue weighted by molar-refractivity contribution is -0.441. The van der Waals surface area contributed by atoms with Gasteiger partial charge in [-0.3, -0.25) is 4.57 Å². The molecule has 2 aromatic rings. The number of rotatable bonds is 7. The lowest BCUT2D eigenvalue weighted by Gasteiger charge is -2.58. The van der Waals surface area contributed by atoms with Gasteiger partial charge in [-0.1, -0.05) is 18.2 Å². The van der Waals surface area contributed by atoms with Crippen LogP contribution >= 0.6 is 19.4 Å². The van der Waals surface area contributed by atoms with Crippen molar-refractivity contribution >= 4 is 30.2 Å². The summed E-state index contributed by atoms with van der Waals surface area (Å²) in [6, 6.07) is 10.3. The van der Waals surface area contributed by atoms with E-state index in [9.17, 15) is 9.46 Å². The molecule has 0 spiro atoms. The second kappa shape index (κ2) is 7.70. The van der Waals surface area contributed by atoms with Crippen LogP contribution in [-0.4, -0.2) is 22.5 Å². The SMILES string of the molecule is COC(OOC12CC3CC(CC(Cl)(C3)C1)C2)c1ccc2ccc(OP(=O)([O-])O)cc2c1. The van der Waals surface area contributed by atoms with Crippen LogP contribution in [0.2, 0.25) is 0 Å². The topological polar surface area (TPSA) is 97.3 Å². The minimum Gasteiger partial charge on any atom is -0.746 e. The highest BCUT2D eigenvalue weighted by Gasteiger charge is 2.58. The van der Waals surface area contributed by atoms with Crippen LogP contribution in [0.4, 0.5) is 0 Å². The zero-order valence-electron chi connectivity index (χ0n) is 17.2.